The lowest BCUT2D eigenvalue weighted by Crippen LogP contribution is -2.22. The number of ether oxygens (including phenoxy) is 2. The van der Waals surface area contributed by atoms with Crippen molar-refractivity contribution in [2.24, 2.45) is 0 Å². The number of nitrogens with zero attached hydrogens (tertiary/aromatic N) is 1. The molecule has 0 bridgehead atoms. The smallest absolute Gasteiger partial charge is 0.255 e. The number of hydrogen-bond acceptors (Lipinski definition) is 4. The minimum absolute atomic E-state index is 0.180. The molecular formula is C22H26ClFN2O3. The lowest BCUT2D eigenvalue weighted by molar-refractivity contribution is 0.102. The summed E-state index contributed by atoms with van der Waals surface area (Å²) in [5, 5.41) is 3.00. The number of benzene rings is 2. The highest BCUT2D eigenvalue weighted by Gasteiger charge is 2.22. The van der Waals surface area contributed by atoms with Gasteiger partial charge in [-0.1, -0.05) is 24.6 Å². The number of carbonyl (C=O) groups excluding carboxylic acids is 1. The van der Waals surface area contributed by atoms with Gasteiger partial charge >= 0.3 is 0 Å². The number of anilines is 2. The van der Waals surface area contributed by atoms with E-state index in [4.69, 9.17) is 21.1 Å². The van der Waals surface area contributed by atoms with Crippen molar-refractivity contribution in [2.75, 3.05) is 36.5 Å². The molecule has 0 unspecified atom stereocenters. The lowest BCUT2D eigenvalue weighted by Gasteiger charge is -2.22. The third-order valence-corrected chi connectivity index (χ3v) is 4.98. The van der Waals surface area contributed by atoms with Crippen LogP contribution < -0.4 is 19.7 Å². The van der Waals surface area contributed by atoms with Gasteiger partial charge in [-0.25, -0.2) is 4.39 Å². The van der Waals surface area contributed by atoms with Gasteiger partial charge in [0.05, 0.1) is 23.9 Å². The largest absolute Gasteiger partial charge is 0.490 e. The van der Waals surface area contributed by atoms with Gasteiger partial charge in [-0.15, -0.1) is 0 Å². The molecule has 1 fully saturated rings. The normalized spacial score (nSPS) is 13.4. The fraction of sp³-hybridized carbons (Fsp3) is 0.409. The summed E-state index contributed by atoms with van der Waals surface area (Å²) in [6.07, 6.45) is 2.92. The predicted molar refractivity (Wildman–Crippen MR) is 114 cm³/mol. The summed E-state index contributed by atoms with van der Waals surface area (Å²) in [5.74, 6) is -0.121. The molecule has 5 nitrogen and oxygen atoms in total. The van der Waals surface area contributed by atoms with E-state index in [9.17, 15) is 9.18 Å². The van der Waals surface area contributed by atoms with Gasteiger partial charge < -0.3 is 19.7 Å². The Hall–Kier alpha value is -2.47. The van der Waals surface area contributed by atoms with Crippen LogP contribution in [0.4, 0.5) is 15.8 Å². The van der Waals surface area contributed by atoms with E-state index >= 15 is 0 Å². The second-order valence-electron chi connectivity index (χ2n) is 6.85. The zero-order valence-corrected chi connectivity index (χ0v) is 17.5. The molecule has 1 heterocycles. The topological polar surface area (TPSA) is 50.8 Å². The molecule has 0 saturated carbocycles. The van der Waals surface area contributed by atoms with Crippen LogP contribution in [-0.2, 0) is 0 Å². The Labute approximate surface area is 175 Å². The van der Waals surface area contributed by atoms with Gasteiger partial charge in [-0.05, 0) is 50.5 Å². The highest BCUT2D eigenvalue weighted by Crippen LogP contribution is 2.38. The summed E-state index contributed by atoms with van der Waals surface area (Å²) in [6, 6.07) is 7.91. The number of halogens is 2. The number of carbonyl (C=O) groups is 1. The van der Waals surface area contributed by atoms with Crippen LogP contribution in [0.15, 0.2) is 30.3 Å². The van der Waals surface area contributed by atoms with Gasteiger partial charge in [0.15, 0.2) is 11.5 Å². The Morgan fingerprint density at radius 1 is 1.21 bits per heavy atom. The summed E-state index contributed by atoms with van der Waals surface area (Å²) in [7, 11) is 0. The fourth-order valence-electron chi connectivity index (χ4n) is 3.35. The molecule has 0 aromatic heterocycles. The second-order valence-corrected chi connectivity index (χ2v) is 7.26. The molecule has 156 valence electrons. The molecule has 29 heavy (non-hydrogen) atoms. The van der Waals surface area contributed by atoms with Crippen molar-refractivity contribution in [3.05, 3.63) is 46.7 Å². The first-order valence-corrected chi connectivity index (χ1v) is 10.4. The molecule has 1 aliphatic rings. The van der Waals surface area contributed by atoms with E-state index in [-0.39, 0.29) is 16.3 Å². The molecule has 1 aliphatic heterocycles. The van der Waals surface area contributed by atoms with Crippen molar-refractivity contribution in [1.82, 2.24) is 0 Å². The third kappa shape index (κ3) is 4.93. The van der Waals surface area contributed by atoms with E-state index in [0.717, 1.165) is 32.4 Å². The molecular weight excluding hydrogens is 395 g/mol. The molecule has 2 aromatic carbocycles. The Balaban J connectivity index is 1.89. The minimum atomic E-state index is -0.471. The number of para-hydroxylation sites is 1. The first kappa shape index (κ1) is 21.2. The first-order valence-electron chi connectivity index (χ1n) is 9.99. The monoisotopic (exact) mass is 420 g/mol. The summed E-state index contributed by atoms with van der Waals surface area (Å²) in [5.41, 5.74) is 1.15. The van der Waals surface area contributed by atoms with Crippen molar-refractivity contribution in [2.45, 2.75) is 33.1 Å². The zero-order valence-electron chi connectivity index (χ0n) is 16.8. The van der Waals surface area contributed by atoms with Crippen molar-refractivity contribution >= 4 is 28.9 Å². The van der Waals surface area contributed by atoms with Crippen LogP contribution in [0.2, 0.25) is 5.02 Å². The zero-order chi connectivity index (χ0) is 20.8. The van der Waals surface area contributed by atoms with Gasteiger partial charge in [-0.2, -0.15) is 0 Å². The van der Waals surface area contributed by atoms with Crippen LogP contribution in [0.3, 0.4) is 0 Å². The van der Waals surface area contributed by atoms with Crippen molar-refractivity contribution < 1.29 is 18.7 Å². The van der Waals surface area contributed by atoms with Crippen LogP contribution in [0.1, 0.15) is 43.5 Å². The van der Waals surface area contributed by atoms with Crippen molar-refractivity contribution in [3.63, 3.8) is 0 Å². The summed E-state index contributed by atoms with van der Waals surface area (Å²) in [6.45, 7) is 6.40. The van der Waals surface area contributed by atoms with E-state index in [1.54, 1.807) is 12.1 Å². The summed E-state index contributed by atoms with van der Waals surface area (Å²) in [4.78, 5) is 15.0. The van der Waals surface area contributed by atoms with Crippen molar-refractivity contribution in [1.29, 1.82) is 0 Å². The Morgan fingerprint density at radius 2 is 1.97 bits per heavy atom. The molecule has 3 rings (SSSR count). The highest BCUT2D eigenvalue weighted by molar-refractivity contribution is 6.32. The maximum absolute atomic E-state index is 14.6. The van der Waals surface area contributed by atoms with Gasteiger partial charge in [0.2, 0.25) is 0 Å². The average Bonchev–Trinajstić information content (AvgIpc) is 3.23. The lowest BCUT2D eigenvalue weighted by atomic mass is 10.1. The van der Waals surface area contributed by atoms with Gasteiger partial charge in [0.1, 0.15) is 11.5 Å². The molecule has 0 radical (unpaired) electrons. The number of hydrogen-bond donors (Lipinski definition) is 1. The average molecular weight is 421 g/mol. The number of nitrogens with one attached hydrogen (secondary N) is 1. The number of rotatable bonds is 8. The predicted octanol–water partition coefficient (Wildman–Crippen LogP) is 5.52. The standard InChI is InChI=1S/C22H26ClFN2O3/c1-3-12-29-21-16(23)13-15(14-19(21)28-4-2)22(27)25-20-17(24)8-7-9-18(20)26-10-5-6-11-26/h7-9,13-14H,3-6,10-12H2,1-2H3,(H,25,27). The molecule has 2 aromatic rings. The molecule has 1 amide bonds. The minimum Gasteiger partial charge on any atom is -0.490 e. The van der Waals surface area contributed by atoms with E-state index in [1.165, 1.54) is 12.1 Å². The molecule has 0 spiro atoms. The molecule has 7 heteroatoms. The molecule has 1 N–H and O–H groups in total. The van der Waals surface area contributed by atoms with E-state index in [0.29, 0.717) is 30.4 Å². The van der Waals surface area contributed by atoms with Crippen LogP contribution >= 0.6 is 11.6 Å². The van der Waals surface area contributed by atoms with E-state index in [2.05, 4.69) is 10.2 Å². The van der Waals surface area contributed by atoms with Crippen molar-refractivity contribution in [3.8, 4) is 11.5 Å². The van der Waals surface area contributed by atoms with Crippen LogP contribution in [0.25, 0.3) is 0 Å². The maximum Gasteiger partial charge on any atom is 0.255 e. The van der Waals surface area contributed by atoms with Crippen LogP contribution in [0, 0.1) is 5.82 Å². The summed E-state index contributed by atoms with van der Waals surface area (Å²) < 4.78 is 25.8. The first-order chi connectivity index (χ1) is 14.0. The molecule has 0 aliphatic carbocycles. The second kappa shape index (κ2) is 9.83. The van der Waals surface area contributed by atoms with Gasteiger partial charge in [0.25, 0.3) is 5.91 Å². The van der Waals surface area contributed by atoms with Crippen LogP contribution in [-0.4, -0.2) is 32.2 Å². The Morgan fingerprint density at radius 3 is 2.66 bits per heavy atom. The summed E-state index contributed by atoms with van der Waals surface area (Å²) >= 11 is 6.35. The quantitative estimate of drug-likeness (QED) is 0.611. The Bertz CT molecular complexity index is 869. The SMILES string of the molecule is CCCOc1c(Cl)cc(C(=O)Nc2c(F)cccc2N2CCCC2)cc1OCC. The highest BCUT2D eigenvalue weighted by atomic mass is 35.5. The maximum atomic E-state index is 14.6. The third-order valence-electron chi connectivity index (χ3n) is 4.70. The van der Waals surface area contributed by atoms with Gasteiger partial charge in [-0.3, -0.25) is 4.79 Å². The van der Waals surface area contributed by atoms with Crippen LogP contribution in [0.5, 0.6) is 11.5 Å². The van der Waals surface area contributed by atoms with E-state index in [1.807, 2.05) is 19.9 Å². The Kier molecular flexibility index (Phi) is 7.20. The number of amides is 1. The molecule has 0 atom stereocenters. The molecule has 1 saturated heterocycles. The fourth-order valence-corrected chi connectivity index (χ4v) is 3.62. The van der Waals surface area contributed by atoms with E-state index < -0.39 is 11.7 Å². The van der Waals surface area contributed by atoms with Gasteiger partial charge in [0, 0.05) is 18.7 Å².